The van der Waals surface area contributed by atoms with E-state index >= 15 is 0 Å². The quantitative estimate of drug-likeness (QED) is 0.680. The molecule has 0 radical (unpaired) electrons. The Kier molecular flexibility index (Phi) is 5.26. The lowest BCUT2D eigenvalue weighted by Gasteiger charge is -2.10. The van der Waals surface area contributed by atoms with Crippen LogP contribution in [0.2, 0.25) is 0 Å². The third kappa shape index (κ3) is 3.91. The van der Waals surface area contributed by atoms with Crippen molar-refractivity contribution in [1.82, 2.24) is 9.97 Å². The fourth-order valence-corrected chi connectivity index (χ4v) is 3.38. The number of rotatable bonds is 5. The second-order valence-corrected chi connectivity index (χ2v) is 6.85. The third-order valence-electron chi connectivity index (χ3n) is 4.77. The van der Waals surface area contributed by atoms with Crippen molar-refractivity contribution in [1.29, 1.82) is 0 Å². The van der Waals surface area contributed by atoms with Crippen LogP contribution in [0.25, 0.3) is 11.3 Å². The predicted octanol–water partition coefficient (Wildman–Crippen LogP) is 3.79. The summed E-state index contributed by atoms with van der Waals surface area (Å²) in [6.07, 6.45) is 4.00. The van der Waals surface area contributed by atoms with E-state index in [1.54, 1.807) is 19.5 Å². The van der Waals surface area contributed by atoms with Crippen molar-refractivity contribution in [2.24, 2.45) is 4.99 Å². The zero-order valence-corrected chi connectivity index (χ0v) is 16.7. The van der Waals surface area contributed by atoms with E-state index in [4.69, 9.17) is 15.5 Å². The summed E-state index contributed by atoms with van der Waals surface area (Å²) < 4.78 is 5.34. The molecule has 0 aliphatic carbocycles. The van der Waals surface area contributed by atoms with Crippen molar-refractivity contribution in [3.8, 4) is 5.75 Å². The molecule has 3 aromatic rings. The molecule has 3 N–H and O–H groups in total. The minimum absolute atomic E-state index is 0.172. The smallest absolute Gasteiger partial charge is 0.222 e. The molecular weight excluding hydrogens is 378 g/mol. The number of aliphatic imine (C=N–C) groups is 1. The molecule has 1 aromatic carbocycles. The Morgan fingerprint density at radius 2 is 1.87 bits per heavy atom. The lowest BCUT2D eigenvalue weighted by Crippen LogP contribution is -2.07. The highest BCUT2D eigenvalue weighted by Crippen LogP contribution is 2.38. The molecule has 0 saturated carbocycles. The first-order valence-electron chi connectivity index (χ1n) is 9.45. The molecule has 0 fully saturated rings. The van der Waals surface area contributed by atoms with Crippen molar-refractivity contribution >= 4 is 34.5 Å². The minimum Gasteiger partial charge on any atom is -0.493 e. The monoisotopic (exact) mass is 399 g/mol. The lowest BCUT2D eigenvalue weighted by molar-refractivity contribution is -0.114. The van der Waals surface area contributed by atoms with Crippen molar-refractivity contribution in [2.75, 3.05) is 18.2 Å². The molecule has 1 aliphatic rings. The molecule has 1 aliphatic heterocycles. The molecule has 30 heavy (non-hydrogen) atoms. The van der Waals surface area contributed by atoms with Crippen LogP contribution in [0.15, 0.2) is 65.9 Å². The number of allylic oxidation sites excluding steroid dienone is 1. The fourth-order valence-electron chi connectivity index (χ4n) is 3.38. The van der Waals surface area contributed by atoms with Gasteiger partial charge >= 0.3 is 0 Å². The number of amides is 1. The van der Waals surface area contributed by atoms with E-state index in [9.17, 15) is 4.79 Å². The minimum atomic E-state index is -0.172. The van der Waals surface area contributed by atoms with Crippen molar-refractivity contribution < 1.29 is 9.53 Å². The summed E-state index contributed by atoms with van der Waals surface area (Å²) in [4.78, 5) is 24.9. The van der Waals surface area contributed by atoms with Crippen LogP contribution in [0.3, 0.4) is 0 Å². The molecule has 7 heteroatoms. The van der Waals surface area contributed by atoms with E-state index in [0.717, 1.165) is 33.7 Å². The Morgan fingerprint density at radius 3 is 2.60 bits per heavy atom. The number of anilines is 2. The molecular formula is C23H21N5O2. The van der Waals surface area contributed by atoms with E-state index < -0.39 is 0 Å². The number of carbonyl (C=O) groups is 1. The van der Waals surface area contributed by atoms with E-state index in [0.29, 0.717) is 23.8 Å². The van der Waals surface area contributed by atoms with E-state index in [1.165, 1.54) is 6.92 Å². The number of nitrogens with one attached hydrogen (secondary N) is 1. The van der Waals surface area contributed by atoms with E-state index in [2.05, 4.69) is 15.3 Å². The second-order valence-electron chi connectivity index (χ2n) is 6.85. The number of ether oxygens (including phenoxy) is 1. The zero-order valence-electron chi connectivity index (χ0n) is 16.7. The number of hydrogen-bond acceptors (Lipinski definition) is 6. The van der Waals surface area contributed by atoms with Crippen molar-refractivity contribution in [3.63, 3.8) is 0 Å². The standard InChI is InChI=1S/C23H21N5O2/c1-14(29)27-21-11-16(8-9-25-21)18-12-19(15-6-4-3-5-7-15)28-22(18)17-10-20(30-2)23(24)26-13-17/h3-11,13H,12H2,1-2H3,(H2,24,26)(H,25,27,29). The molecule has 0 unspecified atom stereocenters. The fraction of sp³-hybridized carbons (Fsp3) is 0.130. The lowest BCUT2D eigenvalue weighted by atomic mass is 9.97. The van der Waals surface area contributed by atoms with Crippen molar-refractivity contribution in [2.45, 2.75) is 13.3 Å². The number of pyridine rings is 2. The number of benzene rings is 1. The molecule has 0 bridgehead atoms. The molecule has 0 spiro atoms. The van der Waals surface area contributed by atoms with Crippen LogP contribution in [-0.4, -0.2) is 28.7 Å². The van der Waals surface area contributed by atoms with Crippen LogP contribution >= 0.6 is 0 Å². The number of carbonyl (C=O) groups excluding carboxylic acids is 1. The Labute approximate surface area is 174 Å². The molecule has 0 saturated heterocycles. The van der Waals surface area contributed by atoms with Gasteiger partial charge in [-0.2, -0.15) is 0 Å². The Morgan fingerprint density at radius 1 is 1.07 bits per heavy atom. The molecule has 7 nitrogen and oxygen atoms in total. The van der Waals surface area contributed by atoms with Gasteiger partial charge in [-0.1, -0.05) is 30.3 Å². The largest absolute Gasteiger partial charge is 0.493 e. The number of aromatic nitrogens is 2. The summed E-state index contributed by atoms with van der Waals surface area (Å²) in [6.45, 7) is 1.46. The van der Waals surface area contributed by atoms with Gasteiger partial charge in [-0.15, -0.1) is 0 Å². The summed E-state index contributed by atoms with van der Waals surface area (Å²) in [5.74, 6) is 1.14. The first-order valence-corrected chi connectivity index (χ1v) is 9.45. The summed E-state index contributed by atoms with van der Waals surface area (Å²) in [5.41, 5.74) is 11.4. The normalized spacial score (nSPS) is 13.2. The van der Waals surface area contributed by atoms with Gasteiger partial charge in [0.2, 0.25) is 5.91 Å². The zero-order chi connectivity index (χ0) is 21.1. The molecule has 1 amide bonds. The van der Waals surface area contributed by atoms with Gasteiger partial charge in [0.15, 0.2) is 11.6 Å². The van der Waals surface area contributed by atoms with Crippen LogP contribution in [0.4, 0.5) is 11.6 Å². The Hall–Kier alpha value is -4.00. The van der Waals surface area contributed by atoms with E-state index in [-0.39, 0.29) is 5.91 Å². The topological polar surface area (TPSA) is 102 Å². The van der Waals surface area contributed by atoms with Crippen LogP contribution < -0.4 is 15.8 Å². The highest BCUT2D eigenvalue weighted by Gasteiger charge is 2.23. The third-order valence-corrected chi connectivity index (χ3v) is 4.77. The van der Waals surface area contributed by atoms with Gasteiger partial charge < -0.3 is 15.8 Å². The summed E-state index contributed by atoms with van der Waals surface area (Å²) in [7, 11) is 1.56. The maximum atomic E-state index is 11.5. The number of hydrogen-bond donors (Lipinski definition) is 2. The van der Waals surface area contributed by atoms with Crippen LogP contribution in [0.1, 0.15) is 30.0 Å². The summed E-state index contributed by atoms with van der Waals surface area (Å²) >= 11 is 0. The Bertz CT molecular complexity index is 1170. The van der Waals surface area contributed by atoms with Gasteiger partial charge in [0, 0.05) is 31.3 Å². The summed E-state index contributed by atoms with van der Waals surface area (Å²) in [5, 5.41) is 2.73. The number of nitrogens with zero attached hydrogens (tertiary/aromatic N) is 3. The van der Waals surface area contributed by atoms with Gasteiger partial charge in [-0.05, 0) is 34.9 Å². The highest BCUT2D eigenvalue weighted by molar-refractivity contribution is 6.17. The average molecular weight is 399 g/mol. The number of nitrogen functional groups attached to an aromatic ring is 1. The molecule has 0 atom stereocenters. The van der Waals surface area contributed by atoms with Gasteiger partial charge in [0.25, 0.3) is 0 Å². The maximum Gasteiger partial charge on any atom is 0.222 e. The maximum absolute atomic E-state index is 11.5. The van der Waals surface area contributed by atoms with Crippen LogP contribution in [0.5, 0.6) is 5.75 Å². The highest BCUT2D eigenvalue weighted by atomic mass is 16.5. The summed E-state index contributed by atoms with van der Waals surface area (Å²) in [6, 6.07) is 15.6. The van der Waals surface area contributed by atoms with Crippen LogP contribution in [-0.2, 0) is 4.79 Å². The molecule has 4 rings (SSSR count). The van der Waals surface area contributed by atoms with Gasteiger partial charge in [0.1, 0.15) is 5.82 Å². The van der Waals surface area contributed by atoms with Gasteiger partial charge in [-0.3, -0.25) is 9.79 Å². The molecule has 2 aromatic heterocycles. The number of methoxy groups -OCH3 is 1. The first kappa shape index (κ1) is 19.3. The van der Waals surface area contributed by atoms with Crippen molar-refractivity contribution in [3.05, 3.63) is 77.6 Å². The second kappa shape index (κ2) is 8.16. The molecule has 150 valence electrons. The average Bonchev–Trinajstić information content (AvgIpc) is 3.20. The van der Waals surface area contributed by atoms with E-state index in [1.807, 2.05) is 48.5 Å². The number of nitrogens with two attached hydrogens (primary N) is 1. The first-order chi connectivity index (χ1) is 14.5. The van der Waals surface area contributed by atoms with Gasteiger partial charge in [-0.25, -0.2) is 9.97 Å². The predicted molar refractivity (Wildman–Crippen MR) is 118 cm³/mol. The van der Waals surface area contributed by atoms with Crippen LogP contribution in [0, 0.1) is 0 Å². The SMILES string of the molecule is COc1cc(C2=C(c3ccnc(NC(C)=O)c3)CC(c3ccccc3)=N2)cnc1N. The Balaban J connectivity index is 1.83. The van der Waals surface area contributed by atoms with Gasteiger partial charge in [0.05, 0.1) is 18.5 Å². The molecule has 3 heterocycles.